The molecule has 0 aliphatic carbocycles. The van der Waals surface area contributed by atoms with Gasteiger partial charge in [0.05, 0.1) is 0 Å². The van der Waals surface area contributed by atoms with Gasteiger partial charge in [-0.1, -0.05) is 87.7 Å². The van der Waals surface area contributed by atoms with Gasteiger partial charge in [0.15, 0.2) is 0 Å². The number of allylic oxidation sites excluding steroid dienone is 2. The molecule has 0 fully saturated rings. The van der Waals surface area contributed by atoms with E-state index in [1.54, 1.807) is 12.1 Å². The molecule has 3 aromatic carbocycles. The Hall–Kier alpha value is -3.07. The van der Waals surface area contributed by atoms with Gasteiger partial charge in [0.25, 0.3) is 5.92 Å². The highest BCUT2D eigenvalue weighted by molar-refractivity contribution is 6.03. The van der Waals surface area contributed by atoms with Crippen molar-refractivity contribution in [2.75, 3.05) is 0 Å². The van der Waals surface area contributed by atoms with Gasteiger partial charge in [-0.25, -0.2) is 13.2 Å². The molecule has 0 amide bonds. The highest BCUT2D eigenvalue weighted by Gasteiger charge is 2.28. The van der Waals surface area contributed by atoms with Gasteiger partial charge in [0.2, 0.25) is 0 Å². The summed E-state index contributed by atoms with van der Waals surface area (Å²) in [5, 5.41) is 0. The van der Waals surface area contributed by atoms with Crippen LogP contribution in [0.4, 0.5) is 13.2 Å². The van der Waals surface area contributed by atoms with Gasteiger partial charge < -0.3 is 0 Å². The van der Waals surface area contributed by atoms with Crippen LogP contribution in [0.3, 0.4) is 0 Å². The summed E-state index contributed by atoms with van der Waals surface area (Å²) in [4.78, 5) is 0. The van der Waals surface area contributed by atoms with Crippen molar-refractivity contribution in [2.45, 2.75) is 39.0 Å². The SMILES string of the molecule is C=C(C(=C)c1ccc(-c2ccccc2C(C)(F)F)c(F)c1)c1ccc(C(C)CC)cc1. The molecular formula is C28H27F3. The first-order valence-electron chi connectivity index (χ1n) is 10.4. The Kier molecular flexibility index (Phi) is 6.54. The Morgan fingerprint density at radius 3 is 2.03 bits per heavy atom. The summed E-state index contributed by atoms with van der Waals surface area (Å²) >= 11 is 0. The van der Waals surface area contributed by atoms with Gasteiger partial charge in [-0.2, -0.15) is 0 Å². The second-order valence-corrected chi connectivity index (χ2v) is 8.02. The zero-order chi connectivity index (χ0) is 22.8. The third kappa shape index (κ3) is 4.82. The maximum Gasteiger partial charge on any atom is 0.271 e. The molecule has 0 spiro atoms. The fraction of sp³-hybridized carbons (Fsp3) is 0.214. The van der Waals surface area contributed by atoms with E-state index in [0.29, 0.717) is 22.6 Å². The Morgan fingerprint density at radius 2 is 1.45 bits per heavy atom. The van der Waals surface area contributed by atoms with Crippen molar-refractivity contribution in [1.29, 1.82) is 0 Å². The summed E-state index contributed by atoms with van der Waals surface area (Å²) in [6.07, 6.45) is 1.06. The lowest BCUT2D eigenvalue weighted by Gasteiger charge is -2.17. The molecule has 0 aliphatic heterocycles. The van der Waals surface area contributed by atoms with Gasteiger partial charge >= 0.3 is 0 Å². The second-order valence-electron chi connectivity index (χ2n) is 8.02. The number of rotatable bonds is 7. The minimum atomic E-state index is -3.07. The molecule has 0 saturated carbocycles. The second kappa shape index (κ2) is 8.97. The smallest absolute Gasteiger partial charge is 0.206 e. The summed E-state index contributed by atoms with van der Waals surface area (Å²) in [5.41, 5.74) is 4.15. The van der Waals surface area contributed by atoms with E-state index >= 15 is 0 Å². The van der Waals surface area contributed by atoms with Gasteiger partial charge in [-0.3, -0.25) is 0 Å². The number of halogens is 3. The quantitative estimate of drug-likeness (QED) is 0.335. The number of alkyl halides is 2. The van der Waals surface area contributed by atoms with E-state index in [2.05, 4.69) is 39.1 Å². The Bertz CT molecular complexity index is 1100. The molecule has 0 aromatic heterocycles. The topological polar surface area (TPSA) is 0 Å². The lowest BCUT2D eigenvalue weighted by atomic mass is 9.90. The van der Waals surface area contributed by atoms with Crippen LogP contribution in [0.1, 0.15) is 55.4 Å². The molecule has 3 aromatic rings. The fourth-order valence-electron chi connectivity index (χ4n) is 3.62. The van der Waals surface area contributed by atoms with E-state index in [9.17, 15) is 13.2 Å². The fourth-order valence-corrected chi connectivity index (χ4v) is 3.62. The van der Waals surface area contributed by atoms with Crippen LogP contribution in [0.15, 0.2) is 79.9 Å². The molecule has 31 heavy (non-hydrogen) atoms. The molecule has 0 aliphatic rings. The summed E-state index contributed by atoms with van der Waals surface area (Å²) in [5.74, 6) is -3.16. The van der Waals surface area contributed by atoms with Crippen molar-refractivity contribution in [1.82, 2.24) is 0 Å². The molecule has 1 unspecified atom stereocenters. The Balaban J connectivity index is 1.90. The predicted octanol–water partition coefficient (Wildman–Crippen LogP) is 8.84. The molecule has 0 heterocycles. The van der Waals surface area contributed by atoms with Crippen LogP contribution >= 0.6 is 0 Å². The maximum absolute atomic E-state index is 15.0. The van der Waals surface area contributed by atoms with E-state index < -0.39 is 11.7 Å². The van der Waals surface area contributed by atoms with E-state index in [-0.39, 0.29) is 16.7 Å². The lowest BCUT2D eigenvalue weighted by molar-refractivity contribution is 0.0181. The third-order valence-corrected chi connectivity index (χ3v) is 5.81. The standard InChI is InChI=1S/C28H27F3/c1-6-18(2)21-11-13-22(14-12-21)19(3)20(4)23-15-16-25(27(29)17-23)24-9-7-8-10-26(24)28(5,30)31/h7-18H,3-4,6H2,1-2,5H3. The summed E-state index contributed by atoms with van der Waals surface area (Å²) < 4.78 is 43.0. The normalized spacial score (nSPS) is 12.5. The Morgan fingerprint density at radius 1 is 0.871 bits per heavy atom. The maximum atomic E-state index is 15.0. The van der Waals surface area contributed by atoms with Crippen molar-refractivity contribution < 1.29 is 13.2 Å². The van der Waals surface area contributed by atoms with E-state index in [1.165, 1.54) is 35.9 Å². The minimum Gasteiger partial charge on any atom is -0.206 e. The first-order chi connectivity index (χ1) is 14.6. The van der Waals surface area contributed by atoms with Crippen molar-refractivity contribution in [2.24, 2.45) is 0 Å². The highest BCUT2D eigenvalue weighted by Crippen LogP contribution is 2.38. The molecule has 0 N–H and O–H groups in total. The molecule has 3 rings (SSSR count). The monoisotopic (exact) mass is 420 g/mol. The predicted molar refractivity (Wildman–Crippen MR) is 125 cm³/mol. The van der Waals surface area contributed by atoms with Crippen molar-refractivity contribution >= 4 is 11.1 Å². The van der Waals surface area contributed by atoms with Gasteiger partial charge in [-0.15, -0.1) is 0 Å². The zero-order valence-electron chi connectivity index (χ0n) is 18.2. The molecule has 0 bridgehead atoms. The van der Waals surface area contributed by atoms with E-state index in [4.69, 9.17) is 0 Å². The first kappa shape index (κ1) is 22.6. The molecule has 0 radical (unpaired) electrons. The third-order valence-electron chi connectivity index (χ3n) is 5.81. The van der Waals surface area contributed by atoms with E-state index in [1.807, 2.05) is 12.1 Å². The number of hydrogen-bond donors (Lipinski definition) is 0. The van der Waals surface area contributed by atoms with Crippen LogP contribution in [0.2, 0.25) is 0 Å². The van der Waals surface area contributed by atoms with Crippen LogP contribution < -0.4 is 0 Å². The average molecular weight is 421 g/mol. The van der Waals surface area contributed by atoms with E-state index in [0.717, 1.165) is 18.9 Å². The highest BCUT2D eigenvalue weighted by atomic mass is 19.3. The van der Waals surface area contributed by atoms with Gasteiger partial charge in [-0.05, 0) is 51.8 Å². The summed E-state index contributed by atoms with van der Waals surface area (Å²) in [7, 11) is 0. The molecular weight excluding hydrogens is 393 g/mol. The van der Waals surface area contributed by atoms with Crippen molar-refractivity contribution in [3.8, 4) is 11.1 Å². The van der Waals surface area contributed by atoms with Crippen molar-refractivity contribution in [3.63, 3.8) is 0 Å². The molecule has 0 nitrogen and oxygen atoms in total. The zero-order valence-corrected chi connectivity index (χ0v) is 18.2. The van der Waals surface area contributed by atoms with Gasteiger partial charge in [0, 0.05) is 18.1 Å². The number of hydrogen-bond acceptors (Lipinski definition) is 0. The van der Waals surface area contributed by atoms with Crippen LogP contribution in [0, 0.1) is 5.82 Å². The Labute approximate surface area is 182 Å². The minimum absolute atomic E-state index is 0.136. The lowest BCUT2D eigenvalue weighted by Crippen LogP contribution is -2.09. The molecule has 1 atom stereocenters. The largest absolute Gasteiger partial charge is 0.271 e. The molecule has 160 valence electrons. The summed E-state index contributed by atoms with van der Waals surface area (Å²) in [6.45, 7) is 13.4. The van der Waals surface area contributed by atoms with Crippen molar-refractivity contribution in [3.05, 3.63) is 108 Å². The average Bonchev–Trinajstić information content (AvgIpc) is 2.77. The van der Waals surface area contributed by atoms with Gasteiger partial charge in [0.1, 0.15) is 5.82 Å². The van der Waals surface area contributed by atoms with Crippen LogP contribution in [-0.2, 0) is 5.92 Å². The molecule has 0 saturated heterocycles. The summed E-state index contributed by atoms with van der Waals surface area (Å²) in [6, 6.07) is 18.7. The van der Waals surface area contributed by atoms with Crippen LogP contribution in [-0.4, -0.2) is 0 Å². The molecule has 3 heteroatoms. The van der Waals surface area contributed by atoms with Crippen LogP contribution in [0.5, 0.6) is 0 Å². The first-order valence-corrected chi connectivity index (χ1v) is 10.4. The number of benzene rings is 3. The van der Waals surface area contributed by atoms with Crippen LogP contribution in [0.25, 0.3) is 22.3 Å².